The lowest BCUT2D eigenvalue weighted by Gasteiger charge is -2.23. The summed E-state index contributed by atoms with van der Waals surface area (Å²) < 4.78 is 48.0. The predicted octanol–water partition coefficient (Wildman–Crippen LogP) is 6.54. The van der Waals surface area contributed by atoms with Gasteiger partial charge in [-0.25, -0.2) is 12.8 Å². The summed E-state index contributed by atoms with van der Waals surface area (Å²) in [6.45, 7) is -0.638. The summed E-state index contributed by atoms with van der Waals surface area (Å²) in [6, 6.07) is 25.9. The zero-order chi connectivity index (χ0) is 27.1. The number of hydrogen-bond donors (Lipinski definition) is 1. The van der Waals surface area contributed by atoms with Gasteiger partial charge in [0, 0.05) is 27.8 Å². The van der Waals surface area contributed by atoms with Crippen LogP contribution in [-0.4, -0.2) is 25.2 Å². The van der Waals surface area contributed by atoms with Gasteiger partial charge >= 0.3 is 0 Å². The number of halogens is 3. The quantitative estimate of drug-likeness (QED) is 0.234. The molecule has 0 aliphatic heterocycles. The SMILES string of the molecule is O=C(CN(Cc1c(F)cccc1Cl)S(=O)(=O)c1ccc(Cl)cc1)Nc1ccc(OCc2ccccc2)cc1. The van der Waals surface area contributed by atoms with E-state index in [1.807, 2.05) is 30.3 Å². The summed E-state index contributed by atoms with van der Waals surface area (Å²) in [5.74, 6) is -0.693. The second kappa shape index (κ2) is 12.4. The molecule has 196 valence electrons. The van der Waals surface area contributed by atoms with Crippen molar-refractivity contribution in [2.24, 2.45) is 0 Å². The number of amides is 1. The van der Waals surface area contributed by atoms with Crippen LogP contribution >= 0.6 is 23.2 Å². The van der Waals surface area contributed by atoms with Gasteiger partial charge in [-0.2, -0.15) is 4.31 Å². The van der Waals surface area contributed by atoms with Crippen LogP contribution in [0.15, 0.2) is 102 Å². The first kappa shape index (κ1) is 27.6. The van der Waals surface area contributed by atoms with Gasteiger partial charge in [-0.05, 0) is 66.2 Å². The van der Waals surface area contributed by atoms with Crippen molar-refractivity contribution in [3.63, 3.8) is 0 Å². The van der Waals surface area contributed by atoms with Crippen LogP contribution in [0.5, 0.6) is 5.75 Å². The molecule has 0 spiro atoms. The van der Waals surface area contributed by atoms with E-state index in [0.717, 1.165) is 9.87 Å². The van der Waals surface area contributed by atoms with Crippen molar-refractivity contribution in [2.75, 3.05) is 11.9 Å². The van der Waals surface area contributed by atoms with Gasteiger partial charge in [-0.3, -0.25) is 4.79 Å². The number of sulfonamides is 1. The molecule has 4 aromatic rings. The van der Waals surface area contributed by atoms with Crippen LogP contribution in [0.4, 0.5) is 10.1 Å². The third kappa shape index (κ3) is 7.11. The first-order valence-electron chi connectivity index (χ1n) is 11.5. The Labute approximate surface area is 230 Å². The molecular formula is C28H23Cl2FN2O4S. The lowest BCUT2D eigenvalue weighted by molar-refractivity contribution is -0.116. The molecule has 4 rings (SSSR count). The number of ether oxygens (including phenoxy) is 1. The molecule has 10 heteroatoms. The molecule has 6 nitrogen and oxygen atoms in total. The van der Waals surface area contributed by atoms with Gasteiger partial charge in [0.2, 0.25) is 15.9 Å². The molecule has 0 unspecified atom stereocenters. The smallest absolute Gasteiger partial charge is 0.243 e. The zero-order valence-electron chi connectivity index (χ0n) is 20.0. The second-order valence-corrected chi connectivity index (χ2v) is 11.1. The highest BCUT2D eigenvalue weighted by atomic mass is 35.5. The van der Waals surface area contributed by atoms with Gasteiger partial charge in [-0.15, -0.1) is 0 Å². The van der Waals surface area contributed by atoms with Crippen molar-refractivity contribution in [3.05, 3.63) is 124 Å². The fourth-order valence-corrected chi connectivity index (χ4v) is 5.29. The third-order valence-corrected chi connectivity index (χ3v) is 7.97. The van der Waals surface area contributed by atoms with Crippen molar-refractivity contribution in [1.29, 1.82) is 0 Å². The Morgan fingerprint density at radius 1 is 0.868 bits per heavy atom. The number of rotatable bonds is 10. The first-order valence-corrected chi connectivity index (χ1v) is 13.7. The average molecular weight is 573 g/mol. The normalized spacial score (nSPS) is 11.4. The number of nitrogens with zero attached hydrogens (tertiary/aromatic N) is 1. The largest absolute Gasteiger partial charge is 0.489 e. The average Bonchev–Trinajstić information content (AvgIpc) is 2.90. The highest BCUT2D eigenvalue weighted by Crippen LogP contribution is 2.26. The lowest BCUT2D eigenvalue weighted by Crippen LogP contribution is -2.37. The summed E-state index contributed by atoms with van der Waals surface area (Å²) in [7, 11) is -4.21. The molecule has 0 saturated heterocycles. The van der Waals surface area contributed by atoms with Gasteiger partial charge in [0.05, 0.1) is 11.4 Å². The summed E-state index contributed by atoms with van der Waals surface area (Å²) >= 11 is 12.0. The molecule has 4 aromatic carbocycles. The number of nitrogens with one attached hydrogen (secondary N) is 1. The first-order chi connectivity index (χ1) is 18.2. The standard InChI is InChI=1S/C28H23Cl2FN2O4S/c29-21-9-15-24(16-10-21)38(35,36)33(17-25-26(30)7-4-8-27(25)31)18-28(34)32-22-11-13-23(14-12-22)37-19-20-5-2-1-3-6-20/h1-16H,17-19H2,(H,32,34). The number of carbonyl (C=O) groups excluding carboxylic acids is 1. The maximum atomic E-state index is 14.5. The molecule has 0 saturated carbocycles. The third-order valence-electron chi connectivity index (χ3n) is 5.55. The highest BCUT2D eigenvalue weighted by molar-refractivity contribution is 7.89. The van der Waals surface area contributed by atoms with Gasteiger partial charge in [0.1, 0.15) is 18.2 Å². The van der Waals surface area contributed by atoms with Gasteiger partial charge < -0.3 is 10.1 Å². The molecule has 0 heterocycles. The van der Waals surface area contributed by atoms with E-state index in [0.29, 0.717) is 23.1 Å². The number of carbonyl (C=O) groups is 1. The van der Waals surface area contributed by atoms with E-state index in [-0.39, 0.29) is 15.5 Å². The number of anilines is 1. The maximum Gasteiger partial charge on any atom is 0.243 e. The Balaban J connectivity index is 1.49. The molecule has 0 atom stereocenters. The molecule has 0 bridgehead atoms. The molecule has 0 fully saturated rings. The minimum atomic E-state index is -4.21. The molecule has 0 radical (unpaired) electrons. The van der Waals surface area contributed by atoms with Gasteiger partial charge in [-0.1, -0.05) is 59.6 Å². The van der Waals surface area contributed by atoms with Crippen molar-refractivity contribution >= 4 is 44.8 Å². The van der Waals surface area contributed by atoms with E-state index in [1.54, 1.807) is 24.3 Å². The molecule has 0 aliphatic rings. The van der Waals surface area contributed by atoms with Crippen LogP contribution in [0.25, 0.3) is 0 Å². The monoisotopic (exact) mass is 572 g/mol. The Morgan fingerprint density at radius 3 is 2.21 bits per heavy atom. The predicted molar refractivity (Wildman–Crippen MR) is 146 cm³/mol. The van der Waals surface area contributed by atoms with Crippen molar-refractivity contribution < 1.29 is 22.3 Å². The van der Waals surface area contributed by atoms with E-state index >= 15 is 0 Å². The molecule has 38 heavy (non-hydrogen) atoms. The van der Waals surface area contributed by atoms with Crippen LogP contribution in [-0.2, 0) is 28.0 Å². The van der Waals surface area contributed by atoms with E-state index in [9.17, 15) is 17.6 Å². The maximum absolute atomic E-state index is 14.5. The fourth-order valence-electron chi connectivity index (χ4n) is 3.58. The van der Waals surface area contributed by atoms with Crippen LogP contribution < -0.4 is 10.1 Å². The van der Waals surface area contributed by atoms with E-state index in [4.69, 9.17) is 27.9 Å². The van der Waals surface area contributed by atoms with Crippen molar-refractivity contribution in [3.8, 4) is 5.75 Å². The molecule has 0 aliphatic carbocycles. The highest BCUT2D eigenvalue weighted by Gasteiger charge is 2.28. The van der Waals surface area contributed by atoms with Gasteiger partial charge in [0.25, 0.3) is 0 Å². The molecule has 1 N–H and O–H groups in total. The molecule has 1 amide bonds. The van der Waals surface area contributed by atoms with Crippen molar-refractivity contribution in [1.82, 2.24) is 4.31 Å². The lowest BCUT2D eigenvalue weighted by atomic mass is 10.2. The minimum Gasteiger partial charge on any atom is -0.489 e. The van der Waals surface area contributed by atoms with Crippen LogP contribution in [0, 0.1) is 5.82 Å². The van der Waals surface area contributed by atoms with E-state index < -0.39 is 34.8 Å². The van der Waals surface area contributed by atoms with E-state index in [2.05, 4.69) is 5.32 Å². The summed E-state index contributed by atoms with van der Waals surface area (Å²) in [6.07, 6.45) is 0. The Hall–Kier alpha value is -3.43. The summed E-state index contributed by atoms with van der Waals surface area (Å²) in [5.41, 5.74) is 1.41. The summed E-state index contributed by atoms with van der Waals surface area (Å²) in [4.78, 5) is 12.8. The van der Waals surface area contributed by atoms with E-state index in [1.165, 1.54) is 42.5 Å². The molecular weight excluding hydrogens is 550 g/mol. The van der Waals surface area contributed by atoms with Crippen LogP contribution in [0.2, 0.25) is 10.0 Å². The summed E-state index contributed by atoms with van der Waals surface area (Å²) in [5, 5.41) is 3.07. The number of benzene rings is 4. The Kier molecular flexibility index (Phi) is 9.01. The zero-order valence-corrected chi connectivity index (χ0v) is 22.3. The Bertz CT molecular complexity index is 1480. The topological polar surface area (TPSA) is 75.7 Å². The van der Waals surface area contributed by atoms with Crippen molar-refractivity contribution in [2.45, 2.75) is 18.0 Å². The van der Waals surface area contributed by atoms with Gasteiger partial charge in [0.15, 0.2) is 0 Å². The van der Waals surface area contributed by atoms with Crippen LogP contribution in [0.3, 0.4) is 0 Å². The molecule has 0 aromatic heterocycles. The minimum absolute atomic E-state index is 0.0422. The Morgan fingerprint density at radius 2 is 1.55 bits per heavy atom. The number of hydrogen-bond acceptors (Lipinski definition) is 4. The second-order valence-electron chi connectivity index (χ2n) is 8.27. The fraction of sp³-hybridized carbons (Fsp3) is 0.107. The van der Waals surface area contributed by atoms with Crippen LogP contribution in [0.1, 0.15) is 11.1 Å².